The first kappa shape index (κ1) is 20.1. The minimum absolute atomic E-state index is 0.0350. The highest BCUT2D eigenvalue weighted by atomic mass is 79.9. The van der Waals surface area contributed by atoms with Gasteiger partial charge in [0.05, 0.1) is 17.1 Å². The number of rotatable bonds is 5. The molecular weight excluding hydrogens is 426 g/mol. The summed E-state index contributed by atoms with van der Waals surface area (Å²) in [5.41, 5.74) is 2.80. The van der Waals surface area contributed by atoms with E-state index in [4.69, 9.17) is 0 Å². The summed E-state index contributed by atoms with van der Waals surface area (Å²) >= 11 is 3.44. The number of halogens is 1. The Balaban J connectivity index is 1.90. The molecule has 0 N–H and O–H groups in total. The fraction of sp³-hybridized carbons (Fsp3) is 0.381. The zero-order valence-electron chi connectivity index (χ0n) is 15.6. The number of hydrogen-bond donors (Lipinski definition) is 0. The molecule has 0 saturated carbocycles. The molecule has 1 aliphatic heterocycles. The predicted molar refractivity (Wildman–Crippen MR) is 112 cm³/mol. The standard InChI is InChI=1S/C21H24BrNO3S/c1-15(2)17-9-7-16(8-10-17)13-23(18-11-12-27(25,26)14-18)21(24)19-5-3-4-6-20(19)22/h3-10,15,18H,11-14H2,1-2H3/t18-/m0/s1. The average molecular weight is 450 g/mol. The molecule has 0 bridgehead atoms. The first-order valence-corrected chi connectivity index (χ1v) is 11.7. The van der Waals surface area contributed by atoms with Gasteiger partial charge in [-0.1, -0.05) is 50.2 Å². The normalized spacial score (nSPS) is 18.6. The third-order valence-corrected chi connectivity index (χ3v) is 7.46. The highest BCUT2D eigenvalue weighted by Crippen LogP contribution is 2.26. The van der Waals surface area contributed by atoms with E-state index in [1.165, 1.54) is 5.56 Å². The lowest BCUT2D eigenvalue weighted by Crippen LogP contribution is -2.40. The van der Waals surface area contributed by atoms with Gasteiger partial charge in [0.25, 0.3) is 5.91 Å². The van der Waals surface area contributed by atoms with E-state index < -0.39 is 9.84 Å². The summed E-state index contributed by atoms with van der Waals surface area (Å²) in [7, 11) is -3.08. The van der Waals surface area contributed by atoms with Gasteiger partial charge in [-0.25, -0.2) is 8.42 Å². The first-order valence-electron chi connectivity index (χ1n) is 9.11. The van der Waals surface area contributed by atoms with Crippen LogP contribution < -0.4 is 0 Å². The van der Waals surface area contributed by atoms with Crippen molar-refractivity contribution in [3.63, 3.8) is 0 Å². The molecular formula is C21H24BrNO3S. The first-order chi connectivity index (χ1) is 12.8. The smallest absolute Gasteiger partial charge is 0.255 e. The molecule has 4 nitrogen and oxygen atoms in total. The van der Waals surface area contributed by atoms with E-state index in [0.29, 0.717) is 24.4 Å². The topological polar surface area (TPSA) is 54.5 Å². The molecule has 1 amide bonds. The molecule has 0 unspecified atom stereocenters. The molecule has 6 heteroatoms. The zero-order chi connectivity index (χ0) is 19.6. The summed E-state index contributed by atoms with van der Waals surface area (Å²) in [6.07, 6.45) is 0.489. The van der Waals surface area contributed by atoms with Gasteiger partial charge in [-0.15, -0.1) is 0 Å². The van der Waals surface area contributed by atoms with Gasteiger partial charge >= 0.3 is 0 Å². The third-order valence-electron chi connectivity index (χ3n) is 5.01. The van der Waals surface area contributed by atoms with Crippen LogP contribution in [0.3, 0.4) is 0 Å². The third kappa shape index (κ3) is 4.79. The van der Waals surface area contributed by atoms with Crippen molar-refractivity contribution in [2.45, 2.75) is 38.8 Å². The number of carbonyl (C=O) groups excluding carboxylic acids is 1. The van der Waals surface area contributed by atoms with Gasteiger partial charge in [0.1, 0.15) is 0 Å². The maximum atomic E-state index is 13.2. The Morgan fingerprint density at radius 2 is 1.81 bits per heavy atom. The Morgan fingerprint density at radius 1 is 1.15 bits per heavy atom. The molecule has 27 heavy (non-hydrogen) atoms. The molecule has 0 spiro atoms. The van der Waals surface area contributed by atoms with Crippen LogP contribution in [-0.2, 0) is 16.4 Å². The zero-order valence-corrected chi connectivity index (χ0v) is 18.0. The van der Waals surface area contributed by atoms with Crippen molar-refractivity contribution >= 4 is 31.7 Å². The number of carbonyl (C=O) groups is 1. The van der Waals surface area contributed by atoms with Crippen molar-refractivity contribution in [2.24, 2.45) is 0 Å². The summed E-state index contributed by atoms with van der Waals surface area (Å²) in [5, 5.41) is 0. The quantitative estimate of drug-likeness (QED) is 0.679. The van der Waals surface area contributed by atoms with E-state index in [1.807, 2.05) is 30.3 Å². The monoisotopic (exact) mass is 449 g/mol. The van der Waals surface area contributed by atoms with E-state index in [1.54, 1.807) is 11.0 Å². The molecule has 2 aromatic carbocycles. The summed E-state index contributed by atoms with van der Waals surface area (Å²) in [5.74, 6) is 0.478. The van der Waals surface area contributed by atoms with E-state index in [9.17, 15) is 13.2 Å². The molecule has 0 radical (unpaired) electrons. The summed E-state index contributed by atoms with van der Waals surface area (Å²) in [6, 6.07) is 15.2. The molecule has 0 aromatic heterocycles. The van der Waals surface area contributed by atoms with Crippen molar-refractivity contribution in [2.75, 3.05) is 11.5 Å². The maximum Gasteiger partial charge on any atom is 0.255 e. The van der Waals surface area contributed by atoms with Gasteiger partial charge in [-0.3, -0.25) is 4.79 Å². The van der Waals surface area contributed by atoms with Crippen molar-refractivity contribution in [3.05, 3.63) is 69.7 Å². The number of hydrogen-bond acceptors (Lipinski definition) is 3. The Kier molecular flexibility index (Phi) is 6.06. The van der Waals surface area contributed by atoms with E-state index >= 15 is 0 Å². The second-order valence-electron chi connectivity index (χ2n) is 7.37. The van der Waals surface area contributed by atoms with Crippen molar-refractivity contribution in [3.8, 4) is 0 Å². The minimum Gasteiger partial charge on any atom is -0.330 e. The van der Waals surface area contributed by atoms with Crippen molar-refractivity contribution in [1.82, 2.24) is 4.90 Å². The second kappa shape index (κ2) is 8.15. The van der Waals surface area contributed by atoms with Gasteiger partial charge < -0.3 is 4.90 Å². The van der Waals surface area contributed by atoms with E-state index in [-0.39, 0.29) is 23.5 Å². The largest absolute Gasteiger partial charge is 0.330 e. The molecule has 1 saturated heterocycles. The molecule has 2 aromatic rings. The van der Waals surface area contributed by atoms with Gasteiger partial charge in [-0.05, 0) is 51.5 Å². The Labute approximate surface area is 169 Å². The van der Waals surface area contributed by atoms with E-state index in [0.717, 1.165) is 10.0 Å². The molecule has 144 valence electrons. The highest BCUT2D eigenvalue weighted by Gasteiger charge is 2.35. The van der Waals surface area contributed by atoms with Crippen molar-refractivity contribution in [1.29, 1.82) is 0 Å². The lowest BCUT2D eigenvalue weighted by Gasteiger charge is -2.29. The predicted octanol–water partition coefficient (Wildman–Crippen LogP) is 4.40. The van der Waals surface area contributed by atoms with Crippen LogP contribution in [0.5, 0.6) is 0 Å². The minimum atomic E-state index is -3.08. The summed E-state index contributed by atoms with van der Waals surface area (Å²) in [4.78, 5) is 15.0. The Hall–Kier alpha value is -1.66. The number of sulfone groups is 1. The fourth-order valence-electron chi connectivity index (χ4n) is 3.38. The molecule has 1 atom stereocenters. The average Bonchev–Trinajstić information content (AvgIpc) is 2.99. The van der Waals surface area contributed by atoms with E-state index in [2.05, 4.69) is 41.9 Å². The fourth-order valence-corrected chi connectivity index (χ4v) is 5.57. The lowest BCUT2D eigenvalue weighted by molar-refractivity contribution is 0.0680. The molecule has 1 fully saturated rings. The molecule has 1 aliphatic rings. The van der Waals surface area contributed by atoms with Crippen LogP contribution in [0.2, 0.25) is 0 Å². The van der Waals surface area contributed by atoms with Crippen LogP contribution >= 0.6 is 15.9 Å². The number of benzene rings is 2. The van der Waals surface area contributed by atoms with Crippen LogP contribution in [0.4, 0.5) is 0 Å². The molecule has 3 rings (SSSR count). The van der Waals surface area contributed by atoms with Crippen LogP contribution in [0.25, 0.3) is 0 Å². The van der Waals surface area contributed by atoms with Crippen LogP contribution in [0, 0.1) is 0 Å². The number of nitrogens with zero attached hydrogens (tertiary/aromatic N) is 1. The lowest BCUT2D eigenvalue weighted by atomic mass is 10.0. The van der Waals surface area contributed by atoms with Gasteiger partial charge in [0.15, 0.2) is 9.84 Å². The Bertz CT molecular complexity index is 923. The van der Waals surface area contributed by atoms with Crippen LogP contribution in [0.15, 0.2) is 53.0 Å². The molecule has 0 aliphatic carbocycles. The van der Waals surface area contributed by atoms with Crippen molar-refractivity contribution < 1.29 is 13.2 Å². The van der Waals surface area contributed by atoms with Crippen LogP contribution in [0.1, 0.15) is 47.7 Å². The Morgan fingerprint density at radius 3 is 2.37 bits per heavy atom. The highest BCUT2D eigenvalue weighted by molar-refractivity contribution is 9.10. The van der Waals surface area contributed by atoms with Gasteiger partial charge in [0.2, 0.25) is 0 Å². The van der Waals surface area contributed by atoms with Crippen LogP contribution in [-0.4, -0.2) is 36.8 Å². The SMILES string of the molecule is CC(C)c1ccc(CN(C(=O)c2ccccc2Br)[C@H]2CCS(=O)(=O)C2)cc1. The summed E-state index contributed by atoms with van der Waals surface area (Å²) in [6.45, 7) is 4.68. The summed E-state index contributed by atoms with van der Waals surface area (Å²) < 4.78 is 24.7. The maximum absolute atomic E-state index is 13.2. The second-order valence-corrected chi connectivity index (χ2v) is 10.4. The number of amides is 1. The van der Waals surface area contributed by atoms with Gasteiger partial charge in [-0.2, -0.15) is 0 Å². The van der Waals surface area contributed by atoms with Gasteiger partial charge in [0, 0.05) is 17.1 Å². The molecule has 1 heterocycles.